The number of thiol groups is 1. The molecule has 25 heavy (non-hydrogen) atoms. The van der Waals surface area contributed by atoms with Crippen LogP contribution in [0.5, 0.6) is 0 Å². The van der Waals surface area contributed by atoms with Crippen molar-refractivity contribution in [2.45, 2.75) is 37.9 Å². The lowest BCUT2D eigenvalue weighted by atomic mass is 9.98. The number of hydrogen-bond acceptors (Lipinski definition) is 4. The maximum absolute atomic E-state index is 9.69. The Balaban J connectivity index is 1.90. The number of nitrogens with zero attached hydrogens (tertiary/aromatic N) is 4. The molecule has 2 aliphatic rings. The Bertz CT molecular complexity index is 832. The first-order valence-electron chi connectivity index (χ1n) is 8.56. The van der Waals surface area contributed by atoms with Gasteiger partial charge >= 0.3 is 0 Å². The largest absolute Gasteiger partial charge is 0.333 e. The summed E-state index contributed by atoms with van der Waals surface area (Å²) in [4.78, 5) is 8.93. The molecular weight excluding hydrogens is 328 g/mol. The number of aromatic nitrogens is 2. The van der Waals surface area contributed by atoms with Crippen LogP contribution in [0.25, 0.3) is 5.57 Å². The summed E-state index contributed by atoms with van der Waals surface area (Å²) in [6.07, 6.45) is 10.1. The van der Waals surface area contributed by atoms with Crippen molar-refractivity contribution in [2.75, 3.05) is 0 Å². The third-order valence-electron chi connectivity index (χ3n) is 5.32. The summed E-state index contributed by atoms with van der Waals surface area (Å²) in [5.41, 5.74) is 5.44. The number of hydrogen-bond donors (Lipinski definition) is 1. The van der Waals surface area contributed by atoms with Crippen LogP contribution in [-0.4, -0.2) is 20.5 Å². The fourth-order valence-corrected chi connectivity index (χ4v) is 3.96. The predicted octanol–water partition coefficient (Wildman–Crippen LogP) is 4.35. The summed E-state index contributed by atoms with van der Waals surface area (Å²) < 4.78 is 1.51. The van der Waals surface area contributed by atoms with Crippen molar-refractivity contribution in [3.05, 3.63) is 47.7 Å². The Labute approximate surface area is 155 Å². The van der Waals surface area contributed by atoms with Crippen LogP contribution in [-0.2, 0) is 7.05 Å². The number of aliphatic imine (C=N–C) groups is 1. The molecule has 0 spiro atoms. The van der Waals surface area contributed by atoms with Gasteiger partial charge in [0.2, 0.25) is 0 Å². The van der Waals surface area contributed by atoms with Gasteiger partial charge in [-0.15, -0.1) is 6.58 Å². The Morgan fingerprint density at radius 3 is 2.88 bits per heavy atom. The third-order valence-corrected chi connectivity index (χ3v) is 5.62. The summed E-state index contributed by atoms with van der Waals surface area (Å²) >= 11 is 4.55. The highest BCUT2D eigenvalue weighted by Crippen LogP contribution is 2.51. The number of allylic oxidation sites excluding steroid dienone is 4. The van der Waals surface area contributed by atoms with Gasteiger partial charge in [-0.05, 0) is 44.6 Å². The second-order valence-electron chi connectivity index (χ2n) is 7.31. The van der Waals surface area contributed by atoms with Crippen molar-refractivity contribution in [3.63, 3.8) is 0 Å². The highest BCUT2D eigenvalue weighted by atomic mass is 32.1. The quantitative estimate of drug-likeness (QED) is 0.379. The monoisotopic (exact) mass is 352 g/mol. The molecule has 3 atom stereocenters. The number of rotatable bonds is 4. The van der Waals surface area contributed by atoms with E-state index in [2.05, 4.69) is 37.2 Å². The van der Waals surface area contributed by atoms with Gasteiger partial charge in [0.1, 0.15) is 6.07 Å². The first kappa shape index (κ1) is 17.8. The van der Waals surface area contributed by atoms with E-state index in [0.717, 1.165) is 30.5 Å². The molecule has 0 bridgehead atoms. The van der Waals surface area contributed by atoms with Crippen LogP contribution in [0.15, 0.2) is 47.0 Å². The van der Waals surface area contributed by atoms with E-state index in [1.165, 1.54) is 16.8 Å². The van der Waals surface area contributed by atoms with Crippen LogP contribution < -0.4 is 0 Å². The Hall–Kier alpha value is -2.06. The van der Waals surface area contributed by atoms with Gasteiger partial charge in [0.05, 0.1) is 28.5 Å². The zero-order valence-corrected chi connectivity index (χ0v) is 15.9. The molecule has 0 saturated heterocycles. The zero-order chi connectivity index (χ0) is 18.2. The van der Waals surface area contributed by atoms with Gasteiger partial charge in [0, 0.05) is 24.9 Å². The van der Waals surface area contributed by atoms with Crippen molar-refractivity contribution in [2.24, 2.45) is 23.9 Å². The second kappa shape index (κ2) is 6.68. The maximum Gasteiger partial charge on any atom is 0.101 e. The predicted molar refractivity (Wildman–Crippen MR) is 105 cm³/mol. The van der Waals surface area contributed by atoms with E-state index in [9.17, 15) is 5.26 Å². The highest BCUT2D eigenvalue weighted by Gasteiger charge is 2.40. The number of nitriles is 1. The molecule has 0 amide bonds. The topological polar surface area (TPSA) is 54.0 Å². The van der Waals surface area contributed by atoms with Crippen molar-refractivity contribution in [1.82, 2.24) is 9.55 Å². The molecule has 0 aromatic carbocycles. The minimum Gasteiger partial charge on any atom is -0.333 e. The molecule has 3 rings (SSSR count). The van der Waals surface area contributed by atoms with Gasteiger partial charge in [-0.1, -0.05) is 11.6 Å². The van der Waals surface area contributed by atoms with Crippen LogP contribution in [0.4, 0.5) is 0 Å². The Morgan fingerprint density at radius 1 is 1.52 bits per heavy atom. The van der Waals surface area contributed by atoms with E-state index in [4.69, 9.17) is 4.99 Å². The molecule has 0 N–H and O–H groups in total. The molecule has 2 aliphatic carbocycles. The van der Waals surface area contributed by atoms with Gasteiger partial charge < -0.3 is 4.57 Å². The van der Waals surface area contributed by atoms with E-state index < -0.39 is 4.75 Å². The number of aryl methyl sites for hydroxylation is 1. The molecule has 1 saturated carbocycles. The van der Waals surface area contributed by atoms with E-state index >= 15 is 0 Å². The molecule has 1 fully saturated rings. The van der Waals surface area contributed by atoms with Gasteiger partial charge in [-0.25, -0.2) is 4.98 Å². The second-order valence-corrected chi connectivity index (χ2v) is 8.28. The lowest BCUT2D eigenvalue weighted by Crippen LogP contribution is -2.14. The minimum absolute atomic E-state index is 0.400. The molecule has 4 nitrogen and oxygen atoms in total. The van der Waals surface area contributed by atoms with E-state index in [-0.39, 0.29) is 0 Å². The van der Waals surface area contributed by atoms with Gasteiger partial charge in [0.15, 0.2) is 0 Å². The molecular formula is C20H24N4S. The summed E-state index contributed by atoms with van der Waals surface area (Å²) in [6.45, 7) is 7.96. The van der Waals surface area contributed by atoms with E-state index in [1.54, 1.807) is 18.6 Å². The van der Waals surface area contributed by atoms with Gasteiger partial charge in [-0.3, -0.25) is 4.99 Å². The fraction of sp³-hybridized carbons (Fsp3) is 0.450. The SMILES string of the molecule is C=CC(C)(S)C=NC1=C(C)CC2C/C(=C(/C#N)c3cncn3C)CC12. The van der Waals surface area contributed by atoms with Crippen molar-refractivity contribution in [3.8, 4) is 6.07 Å². The van der Waals surface area contributed by atoms with Crippen LogP contribution in [0.1, 0.15) is 38.8 Å². The van der Waals surface area contributed by atoms with Crippen molar-refractivity contribution < 1.29 is 0 Å². The lowest BCUT2D eigenvalue weighted by molar-refractivity contribution is 0.476. The first-order valence-corrected chi connectivity index (χ1v) is 9.00. The van der Waals surface area contributed by atoms with Crippen LogP contribution >= 0.6 is 12.6 Å². The summed E-state index contributed by atoms with van der Waals surface area (Å²) in [5.74, 6) is 0.949. The highest BCUT2D eigenvalue weighted by molar-refractivity contribution is 7.82. The van der Waals surface area contributed by atoms with Gasteiger partial charge in [0.25, 0.3) is 0 Å². The summed E-state index contributed by atoms with van der Waals surface area (Å²) in [5, 5.41) is 9.69. The molecule has 1 heterocycles. The fourth-order valence-electron chi connectivity index (χ4n) is 3.90. The third kappa shape index (κ3) is 3.36. The average molecular weight is 353 g/mol. The average Bonchev–Trinajstić information content (AvgIpc) is 3.23. The molecule has 3 unspecified atom stereocenters. The summed E-state index contributed by atoms with van der Waals surface area (Å²) in [7, 11) is 1.93. The standard InChI is InChI=1S/C20H24N4S/c1-5-20(3,25)11-23-19-13(2)6-14-7-15(8-16(14)19)17(9-21)18-10-22-12-24(18)4/h5,10-12,14,16,25H,1,6-8H2,2-4H3/b17-15+,23-11?. The molecule has 130 valence electrons. The smallest absolute Gasteiger partial charge is 0.101 e. The Morgan fingerprint density at radius 2 is 2.28 bits per heavy atom. The summed E-state index contributed by atoms with van der Waals surface area (Å²) in [6, 6.07) is 2.41. The molecule has 1 aromatic heterocycles. The Kier molecular flexibility index (Phi) is 4.75. The van der Waals surface area contributed by atoms with Crippen LogP contribution in [0, 0.1) is 23.2 Å². The van der Waals surface area contributed by atoms with E-state index in [0.29, 0.717) is 11.8 Å². The van der Waals surface area contributed by atoms with Gasteiger partial charge in [-0.2, -0.15) is 17.9 Å². The maximum atomic E-state index is 9.69. The molecule has 0 radical (unpaired) electrons. The zero-order valence-electron chi connectivity index (χ0n) is 15.0. The number of imidazole rings is 1. The lowest BCUT2D eigenvalue weighted by Gasteiger charge is -2.14. The molecule has 0 aliphatic heterocycles. The molecule has 5 heteroatoms. The van der Waals surface area contributed by atoms with E-state index in [1.807, 2.05) is 24.8 Å². The van der Waals surface area contributed by atoms with Crippen molar-refractivity contribution >= 4 is 24.4 Å². The normalized spacial score (nSPS) is 27.3. The number of fused-ring (bicyclic) bond motifs is 1. The minimum atomic E-state index is -0.408. The first-order chi connectivity index (χ1) is 11.9. The van der Waals surface area contributed by atoms with Crippen LogP contribution in [0.2, 0.25) is 0 Å². The van der Waals surface area contributed by atoms with Crippen LogP contribution in [0.3, 0.4) is 0 Å². The van der Waals surface area contributed by atoms with Crippen molar-refractivity contribution in [1.29, 1.82) is 5.26 Å². The molecule has 1 aromatic rings.